The SMILES string of the molecule is O=C(COC(=O)c1ccc2nc(-c3ccco3)c(-c3ccco3)nc2c1)Nc1cc(C(=O)O)ccc1Cl. The summed E-state index contributed by atoms with van der Waals surface area (Å²) in [6, 6.07) is 15.4. The van der Waals surface area contributed by atoms with Gasteiger partial charge in [0.05, 0.1) is 45.4 Å². The number of carboxylic acids is 1. The van der Waals surface area contributed by atoms with Crippen molar-refractivity contribution in [2.75, 3.05) is 11.9 Å². The highest BCUT2D eigenvalue weighted by Crippen LogP contribution is 2.31. The Bertz CT molecular complexity index is 1630. The van der Waals surface area contributed by atoms with Crippen molar-refractivity contribution < 1.29 is 33.1 Å². The molecule has 1 amide bonds. The van der Waals surface area contributed by atoms with Crippen molar-refractivity contribution >= 4 is 46.2 Å². The fraction of sp³-hybridized carbons (Fsp3) is 0.0385. The Hall–Kier alpha value is -4.96. The lowest BCUT2D eigenvalue weighted by Crippen LogP contribution is -2.21. The van der Waals surface area contributed by atoms with Crippen LogP contribution in [0.4, 0.5) is 5.69 Å². The fourth-order valence-corrected chi connectivity index (χ4v) is 3.67. The monoisotopic (exact) mass is 517 g/mol. The zero-order valence-corrected chi connectivity index (χ0v) is 19.6. The van der Waals surface area contributed by atoms with E-state index in [1.54, 1.807) is 30.3 Å². The molecule has 5 aromatic rings. The number of amides is 1. The molecule has 2 N–H and O–H groups in total. The Kier molecular flexibility index (Phi) is 6.40. The number of anilines is 1. The second-order valence-electron chi connectivity index (χ2n) is 7.70. The lowest BCUT2D eigenvalue weighted by molar-refractivity contribution is -0.119. The van der Waals surface area contributed by atoms with E-state index in [4.69, 9.17) is 30.3 Å². The maximum absolute atomic E-state index is 12.6. The van der Waals surface area contributed by atoms with Crippen LogP contribution in [-0.2, 0) is 9.53 Å². The summed E-state index contributed by atoms with van der Waals surface area (Å²) in [7, 11) is 0. The number of benzene rings is 2. The Morgan fingerprint density at radius 3 is 2.14 bits per heavy atom. The largest absolute Gasteiger partial charge is 0.478 e. The average Bonchev–Trinajstić information content (AvgIpc) is 3.62. The van der Waals surface area contributed by atoms with Gasteiger partial charge in [0.25, 0.3) is 5.91 Å². The van der Waals surface area contributed by atoms with E-state index in [-0.39, 0.29) is 21.8 Å². The van der Waals surface area contributed by atoms with Crippen LogP contribution in [0.25, 0.3) is 33.9 Å². The standard InChI is InChI=1S/C26H16ClN3O7/c27-16-7-5-14(25(32)33)11-18(16)28-22(31)13-37-26(34)15-6-8-17-19(12-15)30-24(21-4-2-10-36-21)23(29-17)20-3-1-9-35-20/h1-12H,13H2,(H,28,31)(H,32,33). The number of halogens is 1. The fourth-order valence-electron chi connectivity index (χ4n) is 3.51. The zero-order valence-electron chi connectivity index (χ0n) is 18.8. The number of hydrogen-bond donors (Lipinski definition) is 2. The summed E-state index contributed by atoms with van der Waals surface area (Å²) in [6.07, 6.45) is 3.04. The van der Waals surface area contributed by atoms with Gasteiger partial charge in [0.15, 0.2) is 18.1 Å². The van der Waals surface area contributed by atoms with Gasteiger partial charge in [-0.1, -0.05) is 11.6 Å². The second kappa shape index (κ2) is 9.96. The molecule has 0 saturated carbocycles. The van der Waals surface area contributed by atoms with Crippen LogP contribution in [0.2, 0.25) is 5.02 Å². The van der Waals surface area contributed by atoms with Crippen molar-refractivity contribution in [2.24, 2.45) is 0 Å². The van der Waals surface area contributed by atoms with E-state index in [1.165, 1.54) is 42.9 Å². The minimum atomic E-state index is -1.18. The molecule has 0 unspecified atom stereocenters. The summed E-state index contributed by atoms with van der Waals surface area (Å²) < 4.78 is 16.1. The van der Waals surface area contributed by atoms with E-state index in [0.717, 1.165) is 0 Å². The number of aromatic carboxylic acids is 1. The van der Waals surface area contributed by atoms with Crippen molar-refractivity contribution in [3.05, 3.63) is 89.3 Å². The number of hydrogen-bond acceptors (Lipinski definition) is 8. The first-order valence-corrected chi connectivity index (χ1v) is 11.2. The van der Waals surface area contributed by atoms with E-state index in [1.807, 2.05) is 0 Å². The molecule has 11 heteroatoms. The molecular weight excluding hydrogens is 502 g/mol. The maximum atomic E-state index is 12.6. The smallest absolute Gasteiger partial charge is 0.338 e. The Morgan fingerprint density at radius 2 is 1.51 bits per heavy atom. The molecule has 0 atom stereocenters. The predicted octanol–water partition coefficient (Wildman–Crippen LogP) is 5.30. The van der Waals surface area contributed by atoms with Gasteiger partial charge in [0.2, 0.25) is 0 Å². The summed E-state index contributed by atoms with van der Waals surface area (Å²) in [5.41, 5.74) is 1.99. The van der Waals surface area contributed by atoms with Gasteiger partial charge in [-0.3, -0.25) is 4.79 Å². The third kappa shape index (κ3) is 5.04. The molecular formula is C26H16ClN3O7. The minimum Gasteiger partial charge on any atom is -0.478 e. The van der Waals surface area contributed by atoms with Crippen LogP contribution in [-0.4, -0.2) is 39.5 Å². The van der Waals surface area contributed by atoms with Crippen molar-refractivity contribution in [1.29, 1.82) is 0 Å². The van der Waals surface area contributed by atoms with E-state index < -0.39 is 24.5 Å². The number of carbonyl (C=O) groups is 3. The van der Waals surface area contributed by atoms with Gasteiger partial charge >= 0.3 is 11.9 Å². The van der Waals surface area contributed by atoms with Crippen LogP contribution in [0.1, 0.15) is 20.7 Å². The number of nitrogens with one attached hydrogen (secondary N) is 1. The number of fused-ring (bicyclic) bond motifs is 1. The number of ether oxygens (including phenoxy) is 1. The molecule has 3 aromatic heterocycles. The highest BCUT2D eigenvalue weighted by molar-refractivity contribution is 6.33. The van der Waals surface area contributed by atoms with Gasteiger partial charge < -0.3 is 24.0 Å². The molecule has 0 aliphatic carbocycles. The Morgan fingerprint density at radius 1 is 0.865 bits per heavy atom. The molecule has 2 aromatic carbocycles. The van der Waals surface area contributed by atoms with E-state index in [9.17, 15) is 14.4 Å². The average molecular weight is 518 g/mol. The number of rotatable bonds is 7. The van der Waals surface area contributed by atoms with Crippen molar-refractivity contribution in [1.82, 2.24) is 9.97 Å². The minimum absolute atomic E-state index is 0.0573. The summed E-state index contributed by atoms with van der Waals surface area (Å²) in [4.78, 5) is 45.3. The molecule has 0 aliphatic rings. The lowest BCUT2D eigenvalue weighted by Gasteiger charge is -2.10. The zero-order chi connectivity index (χ0) is 25.9. The third-order valence-corrected chi connectivity index (χ3v) is 5.56. The molecule has 0 aliphatic heterocycles. The third-order valence-electron chi connectivity index (χ3n) is 5.23. The van der Waals surface area contributed by atoms with Crippen molar-refractivity contribution in [3.8, 4) is 22.9 Å². The summed E-state index contributed by atoms with van der Waals surface area (Å²) >= 11 is 6.01. The van der Waals surface area contributed by atoms with Gasteiger partial charge in [-0.05, 0) is 60.7 Å². The maximum Gasteiger partial charge on any atom is 0.338 e. The summed E-state index contributed by atoms with van der Waals surface area (Å²) in [5, 5.41) is 11.7. The molecule has 10 nitrogen and oxygen atoms in total. The van der Waals surface area contributed by atoms with Crippen LogP contribution in [0.3, 0.4) is 0 Å². The molecule has 5 rings (SSSR count). The molecule has 0 saturated heterocycles. The highest BCUT2D eigenvalue weighted by Gasteiger charge is 2.19. The number of esters is 1. The quantitative estimate of drug-likeness (QED) is 0.275. The molecule has 184 valence electrons. The van der Waals surface area contributed by atoms with Crippen molar-refractivity contribution in [3.63, 3.8) is 0 Å². The first kappa shape index (κ1) is 23.8. The van der Waals surface area contributed by atoms with Crippen molar-refractivity contribution in [2.45, 2.75) is 0 Å². The van der Waals surface area contributed by atoms with E-state index in [2.05, 4.69) is 15.3 Å². The predicted molar refractivity (Wildman–Crippen MR) is 132 cm³/mol. The van der Waals surface area contributed by atoms with Crippen LogP contribution >= 0.6 is 11.6 Å². The molecule has 3 heterocycles. The number of carbonyl (C=O) groups excluding carboxylic acids is 2. The first-order valence-electron chi connectivity index (χ1n) is 10.8. The molecule has 0 fully saturated rings. The molecule has 0 spiro atoms. The number of aromatic nitrogens is 2. The van der Waals surface area contributed by atoms with Crippen LogP contribution in [0, 0.1) is 0 Å². The van der Waals surface area contributed by atoms with Gasteiger partial charge in [0, 0.05) is 0 Å². The van der Waals surface area contributed by atoms with E-state index in [0.29, 0.717) is 33.9 Å². The molecule has 0 bridgehead atoms. The van der Waals surface area contributed by atoms with Gasteiger partial charge in [-0.25, -0.2) is 19.6 Å². The molecule has 37 heavy (non-hydrogen) atoms. The molecule has 0 radical (unpaired) electrons. The summed E-state index contributed by atoms with van der Waals surface area (Å²) in [6.45, 7) is -0.620. The van der Waals surface area contributed by atoms with Crippen LogP contribution in [0.5, 0.6) is 0 Å². The lowest BCUT2D eigenvalue weighted by atomic mass is 10.1. The first-order chi connectivity index (χ1) is 17.9. The van der Waals surface area contributed by atoms with Gasteiger partial charge in [-0.2, -0.15) is 0 Å². The number of furan rings is 2. The Balaban J connectivity index is 1.35. The Labute approximate surface area is 213 Å². The van der Waals surface area contributed by atoms with Crippen LogP contribution < -0.4 is 5.32 Å². The number of nitrogens with zero attached hydrogens (tertiary/aromatic N) is 2. The van der Waals surface area contributed by atoms with E-state index >= 15 is 0 Å². The normalized spacial score (nSPS) is 10.8. The number of carboxylic acid groups (broad SMARTS) is 1. The van der Waals surface area contributed by atoms with Crippen LogP contribution in [0.15, 0.2) is 82.0 Å². The summed E-state index contributed by atoms with van der Waals surface area (Å²) in [5.74, 6) is -1.66. The van der Waals surface area contributed by atoms with Gasteiger partial charge in [0.1, 0.15) is 11.4 Å². The topological polar surface area (TPSA) is 145 Å². The second-order valence-corrected chi connectivity index (χ2v) is 8.11. The van der Waals surface area contributed by atoms with Gasteiger partial charge in [-0.15, -0.1) is 0 Å². The highest BCUT2D eigenvalue weighted by atomic mass is 35.5.